The third-order valence-corrected chi connectivity index (χ3v) is 7.29. The molecule has 14 nitrogen and oxygen atoms in total. The molecular weight excluding hydrogens is 546 g/mol. The van der Waals surface area contributed by atoms with Gasteiger partial charge in [0.1, 0.15) is 30.5 Å². The minimum Gasteiger partial charge on any atom is -0.456 e. The van der Waals surface area contributed by atoms with Crippen LogP contribution in [-0.2, 0) is 47.5 Å². The van der Waals surface area contributed by atoms with Gasteiger partial charge in [-0.3, -0.25) is 24.1 Å². The molecule has 41 heavy (non-hydrogen) atoms. The summed E-state index contributed by atoms with van der Waals surface area (Å²) in [6, 6.07) is 4.79. The number of fused-ring (bicyclic) bond motifs is 2. The number of rotatable bonds is 8. The van der Waals surface area contributed by atoms with Crippen molar-refractivity contribution < 1.29 is 62.2 Å². The van der Waals surface area contributed by atoms with E-state index in [9.17, 15) is 24.3 Å². The van der Waals surface area contributed by atoms with E-state index in [0.717, 1.165) is 18.7 Å². The summed E-state index contributed by atoms with van der Waals surface area (Å²) in [5.41, 5.74) is 0.268. The molecule has 0 radical (unpaired) electrons. The van der Waals surface area contributed by atoms with Crippen LogP contribution in [0.5, 0.6) is 0 Å². The average molecular weight is 580 g/mol. The molecule has 1 aromatic rings. The van der Waals surface area contributed by atoms with Crippen LogP contribution >= 0.6 is 0 Å². The molecule has 14 heteroatoms. The van der Waals surface area contributed by atoms with Crippen LogP contribution in [0.1, 0.15) is 48.4 Å². The first-order valence-electron chi connectivity index (χ1n) is 13.2. The van der Waals surface area contributed by atoms with Crippen molar-refractivity contribution in [2.75, 3.05) is 20.3 Å². The van der Waals surface area contributed by atoms with E-state index in [4.69, 9.17) is 37.9 Å². The molecular formula is C27H33NO13. The number of benzene rings is 1. The number of aliphatic hydroxyl groups excluding tert-OH is 1. The lowest BCUT2D eigenvalue weighted by molar-refractivity contribution is -0.294. The second kappa shape index (κ2) is 11.4. The highest BCUT2D eigenvalue weighted by Crippen LogP contribution is 2.40. The number of esters is 2. The Bertz CT molecular complexity index is 1170. The second-order valence-corrected chi connectivity index (χ2v) is 10.6. The predicted octanol–water partition coefficient (Wildman–Crippen LogP) is 0.140. The van der Waals surface area contributed by atoms with Crippen LogP contribution in [0.15, 0.2) is 24.3 Å². The fourth-order valence-electron chi connectivity index (χ4n) is 5.74. The fourth-order valence-corrected chi connectivity index (χ4v) is 5.74. The van der Waals surface area contributed by atoms with Gasteiger partial charge < -0.3 is 43.0 Å². The summed E-state index contributed by atoms with van der Waals surface area (Å²) in [6.45, 7) is 4.91. The molecule has 0 aliphatic carbocycles. The van der Waals surface area contributed by atoms with E-state index in [2.05, 4.69) is 0 Å². The number of aliphatic hydroxyl groups is 1. The molecule has 9 atom stereocenters. The molecule has 224 valence electrons. The highest BCUT2D eigenvalue weighted by molar-refractivity contribution is 6.21. The molecule has 1 N–H and O–H groups in total. The van der Waals surface area contributed by atoms with Crippen LogP contribution < -0.4 is 0 Å². The van der Waals surface area contributed by atoms with Crippen LogP contribution in [0.25, 0.3) is 0 Å². The molecule has 1 aromatic carbocycles. The molecule has 4 aliphatic heterocycles. The first kappa shape index (κ1) is 29.5. The number of methoxy groups -OCH3 is 1. The van der Waals surface area contributed by atoms with Crippen LogP contribution in [0, 0.1) is 0 Å². The summed E-state index contributed by atoms with van der Waals surface area (Å²) in [5, 5.41) is 10.1. The quantitative estimate of drug-likeness (QED) is 0.327. The lowest BCUT2D eigenvalue weighted by atomic mass is 9.94. The minimum absolute atomic E-state index is 0.134. The van der Waals surface area contributed by atoms with Crippen LogP contribution in [0.3, 0.4) is 0 Å². The standard InChI is InChI=1S/C27H33NO13/c1-12(30)36-19-16(10-29)38-25(35-11-17-20-22(26(34-5)39-17)41-27(3,4)40-20)18(21(19)37-13(2)31)28-23(32)14-8-6-7-9-15(14)24(28)33/h6-9,16-22,25-26,29H,10-11H2,1-5H3/t16-,17-,18-,19-,20-,21-,22-,25-,26-/m1/s1. The van der Waals surface area contributed by atoms with Crippen molar-refractivity contribution in [3.05, 3.63) is 35.4 Å². The van der Waals surface area contributed by atoms with Crippen molar-refractivity contribution in [1.82, 2.24) is 4.90 Å². The van der Waals surface area contributed by atoms with Gasteiger partial charge in [-0.2, -0.15) is 0 Å². The van der Waals surface area contributed by atoms with E-state index >= 15 is 0 Å². The Hall–Kier alpha value is -2.98. The zero-order chi connectivity index (χ0) is 29.6. The van der Waals surface area contributed by atoms with Crippen LogP contribution in [-0.4, -0.2) is 115 Å². The minimum atomic E-state index is -1.44. The Kier molecular flexibility index (Phi) is 8.18. The smallest absolute Gasteiger partial charge is 0.303 e. The molecule has 0 spiro atoms. The molecule has 3 saturated heterocycles. The summed E-state index contributed by atoms with van der Waals surface area (Å²) in [5.74, 6) is -3.81. The van der Waals surface area contributed by atoms with Gasteiger partial charge in [0.05, 0.1) is 24.3 Å². The maximum absolute atomic E-state index is 13.5. The van der Waals surface area contributed by atoms with Crippen LogP contribution in [0.4, 0.5) is 0 Å². The van der Waals surface area contributed by atoms with Gasteiger partial charge in [0.15, 0.2) is 30.6 Å². The van der Waals surface area contributed by atoms with Crippen molar-refractivity contribution >= 4 is 23.8 Å². The van der Waals surface area contributed by atoms with Gasteiger partial charge in [-0.25, -0.2) is 0 Å². The van der Waals surface area contributed by atoms with Gasteiger partial charge in [0.2, 0.25) is 0 Å². The van der Waals surface area contributed by atoms with E-state index in [-0.39, 0.29) is 17.7 Å². The lowest BCUT2D eigenvalue weighted by Gasteiger charge is -2.47. The second-order valence-electron chi connectivity index (χ2n) is 10.6. The van der Waals surface area contributed by atoms with Gasteiger partial charge in [0.25, 0.3) is 11.8 Å². The van der Waals surface area contributed by atoms with E-state index in [1.165, 1.54) is 19.2 Å². The molecule has 4 aliphatic rings. The summed E-state index contributed by atoms with van der Waals surface area (Å²) in [7, 11) is 1.47. The molecule has 0 saturated carbocycles. The monoisotopic (exact) mass is 579 g/mol. The molecule has 0 aromatic heterocycles. The highest BCUT2D eigenvalue weighted by Gasteiger charge is 2.59. The number of hydrogen-bond donors (Lipinski definition) is 1. The van der Waals surface area contributed by atoms with Crippen molar-refractivity contribution in [3.8, 4) is 0 Å². The topological polar surface area (TPSA) is 166 Å². The van der Waals surface area contributed by atoms with E-state index in [1.807, 2.05) is 0 Å². The Labute approximate surface area is 235 Å². The maximum atomic E-state index is 13.5. The summed E-state index contributed by atoms with van der Waals surface area (Å²) in [4.78, 5) is 52.2. The Morgan fingerprint density at radius 2 is 1.46 bits per heavy atom. The van der Waals surface area contributed by atoms with Crippen LogP contribution in [0.2, 0.25) is 0 Å². The first-order valence-corrected chi connectivity index (χ1v) is 13.2. The number of amides is 2. The van der Waals surface area contributed by atoms with E-state index in [1.54, 1.807) is 26.0 Å². The zero-order valence-corrected chi connectivity index (χ0v) is 23.2. The number of carbonyl (C=O) groups is 4. The van der Waals surface area contributed by atoms with Gasteiger partial charge in [-0.15, -0.1) is 0 Å². The summed E-state index contributed by atoms with van der Waals surface area (Å²) < 4.78 is 46.3. The Morgan fingerprint density at radius 3 is 2.02 bits per heavy atom. The number of hydrogen-bond acceptors (Lipinski definition) is 13. The van der Waals surface area contributed by atoms with Gasteiger partial charge in [-0.05, 0) is 26.0 Å². The van der Waals surface area contributed by atoms with Gasteiger partial charge >= 0.3 is 11.9 Å². The maximum Gasteiger partial charge on any atom is 0.303 e. The Balaban J connectivity index is 1.48. The normalized spacial score (nSPS) is 35.8. The number of ether oxygens (including phenoxy) is 8. The summed E-state index contributed by atoms with van der Waals surface area (Å²) >= 11 is 0. The molecule has 0 unspecified atom stereocenters. The van der Waals surface area contributed by atoms with Crippen molar-refractivity contribution in [2.45, 2.75) is 88.7 Å². The number of carbonyl (C=O) groups excluding carboxylic acids is 4. The highest BCUT2D eigenvalue weighted by atomic mass is 16.8. The zero-order valence-electron chi connectivity index (χ0n) is 23.2. The molecule has 0 bridgehead atoms. The van der Waals surface area contributed by atoms with E-state index in [0.29, 0.717) is 0 Å². The van der Waals surface area contributed by atoms with Gasteiger partial charge in [0, 0.05) is 21.0 Å². The lowest BCUT2D eigenvalue weighted by Crippen LogP contribution is -2.67. The molecule has 5 rings (SSSR count). The van der Waals surface area contributed by atoms with Crippen molar-refractivity contribution in [2.24, 2.45) is 0 Å². The average Bonchev–Trinajstić information content (AvgIpc) is 3.49. The first-order chi connectivity index (χ1) is 19.5. The molecule has 4 heterocycles. The number of nitrogens with zero attached hydrogens (tertiary/aromatic N) is 1. The number of imide groups is 1. The van der Waals surface area contributed by atoms with E-state index < -0.39 is 91.4 Å². The van der Waals surface area contributed by atoms with Crippen molar-refractivity contribution in [1.29, 1.82) is 0 Å². The largest absolute Gasteiger partial charge is 0.456 e. The molecule has 3 fully saturated rings. The summed E-state index contributed by atoms with van der Waals surface area (Å²) in [6.07, 6.45) is -8.07. The third-order valence-electron chi connectivity index (χ3n) is 7.29. The predicted molar refractivity (Wildman–Crippen MR) is 133 cm³/mol. The van der Waals surface area contributed by atoms with Crippen molar-refractivity contribution in [3.63, 3.8) is 0 Å². The Morgan fingerprint density at radius 1 is 0.902 bits per heavy atom. The SMILES string of the molecule is CO[C@@H]1O[C@H](CO[C@@H]2O[C@H](CO)[C@@H](OC(C)=O)[C@H](OC(C)=O)[C@H]2N2C(=O)c3ccccc3C2=O)[C@H]2OC(C)(C)O[C@@H]12. The third kappa shape index (κ3) is 5.48. The fraction of sp³-hybridized carbons (Fsp3) is 0.630. The van der Waals surface area contributed by atoms with Gasteiger partial charge in [-0.1, -0.05) is 12.1 Å². The molecule has 2 amide bonds.